The number of amides is 1. The molecule has 226 valence electrons. The minimum Gasteiger partial charge on any atom is -0.393 e. The lowest BCUT2D eigenvalue weighted by molar-refractivity contribution is -0.203. The summed E-state index contributed by atoms with van der Waals surface area (Å²) in [5.74, 6) is 2.24. The molecule has 4 fully saturated rings. The van der Waals surface area contributed by atoms with Crippen LogP contribution < -0.4 is 5.32 Å². The van der Waals surface area contributed by atoms with Gasteiger partial charge in [0.2, 0.25) is 5.91 Å². The lowest BCUT2D eigenvalue weighted by atomic mass is 9.41. The van der Waals surface area contributed by atoms with Gasteiger partial charge in [-0.05, 0) is 111 Å². The van der Waals surface area contributed by atoms with E-state index in [0.29, 0.717) is 41.8 Å². The first-order chi connectivity index (χ1) is 18.1. The minimum absolute atomic E-state index is 0.107. The third-order valence-electron chi connectivity index (χ3n) is 12.5. The van der Waals surface area contributed by atoms with Crippen LogP contribution in [0.15, 0.2) is 0 Å². The molecule has 0 aromatic carbocycles. The summed E-state index contributed by atoms with van der Waals surface area (Å²) in [7, 11) is -4.13. The van der Waals surface area contributed by atoms with Crippen molar-refractivity contribution in [3.63, 3.8) is 0 Å². The molecule has 4 rings (SSSR count). The maximum absolute atomic E-state index is 13.1. The molecule has 4 N–H and O–H groups in total. The van der Waals surface area contributed by atoms with Crippen LogP contribution in [0.1, 0.15) is 92.4 Å². The quantitative estimate of drug-likeness (QED) is 0.199. The first-order valence-electron chi connectivity index (χ1n) is 15.3. The Bertz CT molecular complexity index is 1010. The van der Waals surface area contributed by atoms with Crippen molar-refractivity contribution in [3.05, 3.63) is 0 Å². The lowest BCUT2D eigenvalue weighted by Crippen LogP contribution is -2.62. The SMILES string of the molecule is CCC1C(O)C2C3CCC(C(C)CC(C)(CS)C(=O)NCCS(=O)(=O)O)C3(C)CCC2C2(C)CCC(O)CC12. The summed E-state index contributed by atoms with van der Waals surface area (Å²) in [4.78, 5) is 13.1. The third kappa shape index (κ3) is 5.70. The minimum atomic E-state index is -4.13. The Labute approximate surface area is 241 Å². The van der Waals surface area contributed by atoms with Gasteiger partial charge >= 0.3 is 0 Å². The monoisotopic (exact) mass is 587 g/mol. The van der Waals surface area contributed by atoms with Crippen LogP contribution in [0.2, 0.25) is 0 Å². The van der Waals surface area contributed by atoms with Crippen molar-refractivity contribution in [1.82, 2.24) is 5.32 Å². The molecule has 9 heteroatoms. The first-order valence-corrected chi connectivity index (χ1v) is 17.6. The Morgan fingerprint density at radius 1 is 1.08 bits per heavy atom. The van der Waals surface area contributed by atoms with Crippen molar-refractivity contribution >= 4 is 28.7 Å². The molecule has 1 amide bonds. The van der Waals surface area contributed by atoms with Gasteiger partial charge in [0.25, 0.3) is 10.1 Å². The van der Waals surface area contributed by atoms with Crippen LogP contribution in [-0.4, -0.2) is 59.3 Å². The van der Waals surface area contributed by atoms with E-state index >= 15 is 0 Å². The number of hydrogen-bond acceptors (Lipinski definition) is 6. The van der Waals surface area contributed by atoms with Crippen molar-refractivity contribution < 1.29 is 28.0 Å². The van der Waals surface area contributed by atoms with Gasteiger partial charge in [-0.15, -0.1) is 0 Å². The van der Waals surface area contributed by atoms with E-state index < -0.39 is 21.3 Å². The fourth-order valence-electron chi connectivity index (χ4n) is 10.5. The zero-order valence-corrected chi connectivity index (χ0v) is 26.3. The maximum atomic E-state index is 13.1. The molecule has 0 aliphatic heterocycles. The highest BCUT2D eigenvalue weighted by molar-refractivity contribution is 7.85. The third-order valence-corrected chi connectivity index (χ3v) is 13.9. The molecular formula is C30H53NO6S2. The first kappa shape index (κ1) is 31.6. The zero-order valence-electron chi connectivity index (χ0n) is 24.6. The average molecular weight is 588 g/mol. The summed E-state index contributed by atoms with van der Waals surface area (Å²) in [6.45, 7) is 11.2. The van der Waals surface area contributed by atoms with Crippen LogP contribution in [0.5, 0.6) is 0 Å². The van der Waals surface area contributed by atoms with Crippen molar-refractivity contribution in [3.8, 4) is 0 Å². The largest absolute Gasteiger partial charge is 0.393 e. The topological polar surface area (TPSA) is 124 Å². The fourth-order valence-corrected chi connectivity index (χ4v) is 11.2. The number of carbonyl (C=O) groups is 1. The average Bonchev–Trinajstić information content (AvgIpc) is 3.21. The molecule has 0 heterocycles. The molecule has 0 aromatic heterocycles. The van der Waals surface area contributed by atoms with E-state index in [-0.39, 0.29) is 47.3 Å². The number of thiol groups is 1. The van der Waals surface area contributed by atoms with E-state index in [4.69, 9.17) is 4.55 Å². The number of rotatable bonds is 9. The van der Waals surface area contributed by atoms with Gasteiger partial charge in [0.05, 0.1) is 23.4 Å². The molecule has 0 radical (unpaired) electrons. The number of aliphatic hydroxyl groups is 2. The van der Waals surface area contributed by atoms with Crippen molar-refractivity contribution in [1.29, 1.82) is 0 Å². The Kier molecular flexibility index (Phi) is 9.22. The second kappa shape index (κ2) is 11.4. The molecule has 4 aliphatic rings. The Balaban J connectivity index is 1.52. The van der Waals surface area contributed by atoms with Crippen LogP contribution in [0.3, 0.4) is 0 Å². The summed E-state index contributed by atoms with van der Waals surface area (Å²) >= 11 is 4.52. The molecule has 7 nitrogen and oxygen atoms in total. The van der Waals surface area contributed by atoms with E-state index in [1.165, 1.54) is 0 Å². The summed E-state index contributed by atoms with van der Waals surface area (Å²) in [6.07, 6.45) is 8.28. The van der Waals surface area contributed by atoms with Crippen molar-refractivity contribution in [2.75, 3.05) is 18.1 Å². The molecule has 39 heavy (non-hydrogen) atoms. The second-order valence-corrected chi connectivity index (χ2v) is 16.5. The second-order valence-electron chi connectivity index (χ2n) is 14.6. The van der Waals surface area contributed by atoms with E-state index in [1.807, 2.05) is 6.92 Å². The molecule has 0 aromatic rings. The van der Waals surface area contributed by atoms with Gasteiger partial charge in [-0.2, -0.15) is 21.0 Å². The number of fused-ring (bicyclic) bond motifs is 5. The van der Waals surface area contributed by atoms with Crippen molar-refractivity contribution in [2.24, 2.45) is 57.7 Å². The van der Waals surface area contributed by atoms with Gasteiger partial charge in [0.15, 0.2) is 0 Å². The summed E-state index contributed by atoms with van der Waals surface area (Å²) in [5, 5.41) is 25.2. The molecule has 4 saturated carbocycles. The molecule has 12 atom stereocenters. The highest BCUT2D eigenvalue weighted by Crippen LogP contribution is 2.69. The highest BCUT2D eigenvalue weighted by Gasteiger charge is 2.65. The number of hydrogen-bond donors (Lipinski definition) is 5. The van der Waals surface area contributed by atoms with Gasteiger partial charge in [-0.3, -0.25) is 9.35 Å². The van der Waals surface area contributed by atoms with Gasteiger partial charge in [0, 0.05) is 12.3 Å². The Morgan fingerprint density at radius 2 is 1.72 bits per heavy atom. The molecule has 4 aliphatic carbocycles. The van der Waals surface area contributed by atoms with Crippen LogP contribution in [0.4, 0.5) is 0 Å². The maximum Gasteiger partial charge on any atom is 0.266 e. The van der Waals surface area contributed by atoms with Gasteiger partial charge < -0.3 is 15.5 Å². The lowest BCUT2D eigenvalue weighted by Gasteiger charge is -2.64. The van der Waals surface area contributed by atoms with Crippen LogP contribution in [0.25, 0.3) is 0 Å². The Morgan fingerprint density at radius 3 is 2.33 bits per heavy atom. The summed E-state index contributed by atoms with van der Waals surface area (Å²) in [5.41, 5.74) is -0.454. The van der Waals surface area contributed by atoms with Gasteiger partial charge in [-0.1, -0.05) is 34.1 Å². The van der Waals surface area contributed by atoms with Crippen LogP contribution >= 0.6 is 12.6 Å². The zero-order chi connectivity index (χ0) is 29.0. The molecule has 12 unspecified atom stereocenters. The van der Waals surface area contributed by atoms with E-state index in [2.05, 4.69) is 45.6 Å². The predicted octanol–water partition coefficient (Wildman–Crippen LogP) is 4.58. The van der Waals surface area contributed by atoms with E-state index in [9.17, 15) is 23.4 Å². The standard InChI is InChI=1S/C30H53NO6S2/c1-6-20-24-15-19(32)9-11-30(24,5)23-10-12-29(4)21(7-8-22(29)25(23)26(20)33)18(2)16-28(3,17-38)27(34)31-13-14-39(35,36)37/h18-26,32-33,38H,6-17H2,1-5H3,(H,31,34)(H,35,36,37). The van der Waals surface area contributed by atoms with Crippen LogP contribution in [0, 0.1) is 57.7 Å². The van der Waals surface area contributed by atoms with Crippen LogP contribution in [-0.2, 0) is 14.9 Å². The summed E-state index contributed by atoms with van der Waals surface area (Å²) in [6, 6.07) is 0. The fraction of sp³-hybridized carbons (Fsp3) is 0.967. The number of nitrogens with one attached hydrogen (secondary N) is 1. The Hall–Kier alpha value is -0.350. The molecule has 0 spiro atoms. The van der Waals surface area contributed by atoms with Gasteiger partial charge in [0.1, 0.15) is 0 Å². The highest BCUT2D eigenvalue weighted by atomic mass is 32.2. The van der Waals surface area contributed by atoms with Crippen molar-refractivity contribution in [2.45, 2.75) is 105 Å². The summed E-state index contributed by atoms with van der Waals surface area (Å²) < 4.78 is 31.2. The number of aliphatic hydroxyl groups excluding tert-OH is 2. The predicted molar refractivity (Wildman–Crippen MR) is 157 cm³/mol. The molecule has 0 bridgehead atoms. The van der Waals surface area contributed by atoms with E-state index in [0.717, 1.165) is 51.4 Å². The smallest absolute Gasteiger partial charge is 0.266 e. The van der Waals surface area contributed by atoms with E-state index in [1.54, 1.807) is 0 Å². The molecule has 0 saturated heterocycles. The molecular weight excluding hydrogens is 534 g/mol. The normalized spacial score (nSPS) is 44.4. The number of carbonyl (C=O) groups excluding carboxylic acids is 1. The van der Waals surface area contributed by atoms with Gasteiger partial charge in [-0.25, -0.2) is 0 Å².